The van der Waals surface area contributed by atoms with Crippen LogP contribution in [0, 0.1) is 5.92 Å². The highest BCUT2D eigenvalue weighted by Gasteiger charge is 2.27. The van der Waals surface area contributed by atoms with E-state index in [4.69, 9.17) is 0 Å². The summed E-state index contributed by atoms with van der Waals surface area (Å²) in [6.45, 7) is 11.0. The topological polar surface area (TPSA) is 104 Å². The van der Waals surface area contributed by atoms with Crippen molar-refractivity contribution in [2.75, 3.05) is 45.8 Å². The molecule has 33 heavy (non-hydrogen) atoms. The van der Waals surface area contributed by atoms with Crippen LogP contribution in [0.15, 0.2) is 4.79 Å². The van der Waals surface area contributed by atoms with E-state index in [1.165, 1.54) is 4.68 Å². The van der Waals surface area contributed by atoms with Gasteiger partial charge in [0.25, 0.3) is 0 Å². The second-order valence-electron chi connectivity index (χ2n) is 9.05. The SMILES string of the molecule is CCN(CC)CCCNC(=O)C1CCN(C(=O)NCCCn2nc3n(c2=O)CCCC3)CC1. The number of rotatable bonds is 11. The molecule has 1 fully saturated rings. The zero-order valence-electron chi connectivity index (χ0n) is 20.4. The summed E-state index contributed by atoms with van der Waals surface area (Å²) in [5.74, 6) is 0.982. The minimum atomic E-state index is -0.0930. The molecule has 3 heterocycles. The molecule has 0 radical (unpaired) electrons. The summed E-state index contributed by atoms with van der Waals surface area (Å²) in [5.41, 5.74) is -0.0376. The van der Waals surface area contributed by atoms with Crippen LogP contribution in [0.2, 0.25) is 0 Å². The van der Waals surface area contributed by atoms with Gasteiger partial charge in [-0.2, -0.15) is 5.10 Å². The van der Waals surface area contributed by atoms with Crippen LogP contribution in [0.1, 0.15) is 58.2 Å². The molecule has 0 unspecified atom stereocenters. The van der Waals surface area contributed by atoms with Crippen molar-refractivity contribution >= 4 is 11.9 Å². The first kappa shape index (κ1) is 25.3. The number of hydrogen-bond acceptors (Lipinski definition) is 5. The van der Waals surface area contributed by atoms with Gasteiger partial charge in [-0.15, -0.1) is 0 Å². The van der Waals surface area contributed by atoms with Crippen LogP contribution in [0.5, 0.6) is 0 Å². The zero-order valence-corrected chi connectivity index (χ0v) is 20.4. The van der Waals surface area contributed by atoms with E-state index in [0.717, 1.165) is 57.7 Å². The fraction of sp³-hybridized carbons (Fsp3) is 0.826. The third kappa shape index (κ3) is 7.06. The molecule has 0 saturated carbocycles. The molecule has 2 N–H and O–H groups in total. The fourth-order valence-corrected chi connectivity index (χ4v) is 4.67. The average molecular weight is 464 g/mol. The van der Waals surface area contributed by atoms with Gasteiger partial charge in [0.05, 0.1) is 0 Å². The second kappa shape index (κ2) is 12.8. The van der Waals surface area contributed by atoms with Crippen molar-refractivity contribution in [3.05, 3.63) is 16.3 Å². The lowest BCUT2D eigenvalue weighted by Gasteiger charge is -2.31. The molecule has 0 atom stereocenters. The van der Waals surface area contributed by atoms with Crippen molar-refractivity contribution in [3.8, 4) is 0 Å². The lowest BCUT2D eigenvalue weighted by molar-refractivity contribution is -0.126. The molecule has 3 amide bonds. The van der Waals surface area contributed by atoms with Crippen LogP contribution < -0.4 is 16.3 Å². The molecular weight excluding hydrogens is 422 g/mol. The van der Waals surface area contributed by atoms with Crippen LogP contribution in [0.25, 0.3) is 0 Å². The van der Waals surface area contributed by atoms with Crippen molar-refractivity contribution in [2.45, 2.75) is 71.9 Å². The van der Waals surface area contributed by atoms with E-state index in [0.29, 0.717) is 52.0 Å². The zero-order chi connectivity index (χ0) is 23.6. The van der Waals surface area contributed by atoms with Gasteiger partial charge in [-0.1, -0.05) is 13.8 Å². The molecule has 2 aliphatic rings. The number of fused-ring (bicyclic) bond motifs is 1. The Morgan fingerprint density at radius 3 is 2.45 bits per heavy atom. The standard InChI is InChI=1S/C23H41N7O3/c1-3-27(4-2)14-7-12-24-21(31)19-10-17-28(18-11-19)22(32)25-13-8-16-30-23(33)29-15-6-5-9-20(29)26-30/h19H,3-18H2,1-2H3,(H,24,31)(H,25,32). The second-order valence-corrected chi connectivity index (χ2v) is 9.05. The first-order chi connectivity index (χ1) is 16.0. The van der Waals surface area contributed by atoms with Gasteiger partial charge < -0.3 is 20.4 Å². The van der Waals surface area contributed by atoms with E-state index < -0.39 is 0 Å². The Bertz CT molecular complexity index is 823. The van der Waals surface area contributed by atoms with Crippen molar-refractivity contribution in [1.29, 1.82) is 0 Å². The van der Waals surface area contributed by atoms with E-state index in [9.17, 15) is 14.4 Å². The van der Waals surface area contributed by atoms with Gasteiger partial charge in [0.1, 0.15) is 5.82 Å². The number of nitrogens with one attached hydrogen (secondary N) is 2. The van der Waals surface area contributed by atoms with Crippen LogP contribution in [0.3, 0.4) is 0 Å². The first-order valence-corrected chi connectivity index (χ1v) is 12.7. The molecular formula is C23H41N7O3. The molecule has 1 saturated heterocycles. The summed E-state index contributed by atoms with van der Waals surface area (Å²) in [6, 6.07) is -0.0930. The predicted molar refractivity (Wildman–Crippen MR) is 127 cm³/mol. The van der Waals surface area contributed by atoms with Gasteiger partial charge >= 0.3 is 11.7 Å². The van der Waals surface area contributed by atoms with Gasteiger partial charge in [0.15, 0.2) is 0 Å². The Morgan fingerprint density at radius 2 is 1.76 bits per heavy atom. The van der Waals surface area contributed by atoms with Crippen molar-refractivity contribution < 1.29 is 9.59 Å². The molecule has 3 rings (SSSR count). The predicted octanol–water partition coefficient (Wildman–Crippen LogP) is 1.04. The smallest absolute Gasteiger partial charge is 0.345 e. The van der Waals surface area contributed by atoms with E-state index in [2.05, 4.69) is 34.5 Å². The highest BCUT2D eigenvalue weighted by molar-refractivity contribution is 5.79. The summed E-state index contributed by atoms with van der Waals surface area (Å²) >= 11 is 0. The maximum Gasteiger partial charge on any atom is 0.345 e. The monoisotopic (exact) mass is 463 g/mol. The number of carbonyl (C=O) groups excluding carboxylic acids is 2. The molecule has 0 spiro atoms. The highest BCUT2D eigenvalue weighted by atomic mass is 16.2. The van der Waals surface area contributed by atoms with Crippen molar-refractivity contribution in [2.24, 2.45) is 5.92 Å². The van der Waals surface area contributed by atoms with Gasteiger partial charge in [0, 0.05) is 51.6 Å². The molecule has 1 aromatic rings. The van der Waals surface area contributed by atoms with Crippen LogP contribution in [-0.2, 0) is 24.3 Å². The van der Waals surface area contributed by atoms with E-state index >= 15 is 0 Å². The molecule has 0 aliphatic carbocycles. The minimum Gasteiger partial charge on any atom is -0.356 e. The Hall–Kier alpha value is -2.36. The number of amides is 3. The van der Waals surface area contributed by atoms with Crippen LogP contribution in [-0.4, -0.2) is 81.9 Å². The number of carbonyl (C=O) groups is 2. The van der Waals surface area contributed by atoms with Gasteiger partial charge in [-0.3, -0.25) is 9.36 Å². The van der Waals surface area contributed by atoms with Gasteiger partial charge in [0.2, 0.25) is 5.91 Å². The van der Waals surface area contributed by atoms with Crippen molar-refractivity contribution in [1.82, 2.24) is 34.8 Å². The number of aryl methyl sites for hydroxylation is 2. The number of urea groups is 1. The fourth-order valence-electron chi connectivity index (χ4n) is 4.67. The Labute approximate surface area is 196 Å². The van der Waals surface area contributed by atoms with Crippen LogP contribution >= 0.6 is 0 Å². The maximum atomic E-state index is 12.5. The number of nitrogens with zero attached hydrogens (tertiary/aromatic N) is 5. The number of likely N-dealkylation sites (tertiary alicyclic amines) is 1. The Morgan fingerprint density at radius 1 is 1.03 bits per heavy atom. The minimum absolute atomic E-state index is 0.0127. The largest absolute Gasteiger partial charge is 0.356 e. The third-order valence-electron chi connectivity index (χ3n) is 6.85. The third-order valence-corrected chi connectivity index (χ3v) is 6.85. The quantitative estimate of drug-likeness (QED) is 0.477. The number of hydrogen-bond donors (Lipinski definition) is 2. The molecule has 186 valence electrons. The van der Waals surface area contributed by atoms with Gasteiger partial charge in [-0.25, -0.2) is 14.3 Å². The lowest BCUT2D eigenvalue weighted by Crippen LogP contribution is -2.47. The molecule has 2 aliphatic heterocycles. The lowest BCUT2D eigenvalue weighted by atomic mass is 9.96. The van der Waals surface area contributed by atoms with E-state index in [1.54, 1.807) is 9.47 Å². The average Bonchev–Trinajstić information content (AvgIpc) is 3.17. The summed E-state index contributed by atoms with van der Waals surface area (Å²) in [4.78, 5) is 41.4. The molecule has 10 heteroatoms. The van der Waals surface area contributed by atoms with Crippen LogP contribution in [0.4, 0.5) is 4.79 Å². The van der Waals surface area contributed by atoms with E-state index in [-0.39, 0.29) is 23.5 Å². The Kier molecular flexibility index (Phi) is 9.77. The summed E-state index contributed by atoms with van der Waals surface area (Å²) in [6.07, 6.45) is 6.00. The number of piperidine rings is 1. The molecule has 1 aromatic heterocycles. The summed E-state index contributed by atoms with van der Waals surface area (Å²) in [5, 5.41) is 10.4. The van der Waals surface area contributed by atoms with E-state index in [1.807, 2.05) is 0 Å². The number of aromatic nitrogens is 3. The summed E-state index contributed by atoms with van der Waals surface area (Å²) in [7, 11) is 0. The highest BCUT2D eigenvalue weighted by Crippen LogP contribution is 2.17. The molecule has 10 nitrogen and oxygen atoms in total. The maximum absolute atomic E-state index is 12.5. The normalized spacial score (nSPS) is 16.6. The molecule has 0 bridgehead atoms. The molecule has 0 aromatic carbocycles. The Balaban J connectivity index is 1.29. The first-order valence-electron chi connectivity index (χ1n) is 12.7. The van der Waals surface area contributed by atoms with Crippen molar-refractivity contribution in [3.63, 3.8) is 0 Å². The van der Waals surface area contributed by atoms with Gasteiger partial charge in [-0.05, 0) is 58.2 Å². The summed E-state index contributed by atoms with van der Waals surface area (Å²) < 4.78 is 3.30.